The fourth-order valence-corrected chi connectivity index (χ4v) is 4.29. The molecule has 9 heteroatoms. The monoisotopic (exact) mass is 342 g/mol. The number of carboxylic acid groups (broad SMARTS) is 1. The van der Waals surface area contributed by atoms with E-state index in [0.717, 1.165) is 10.4 Å². The Balaban J connectivity index is 2.45. The van der Waals surface area contributed by atoms with Gasteiger partial charge in [0, 0.05) is 13.6 Å². The molecule has 2 N–H and O–H groups in total. The third-order valence-electron chi connectivity index (χ3n) is 3.76. The van der Waals surface area contributed by atoms with Crippen LogP contribution in [0.1, 0.15) is 23.2 Å². The molecule has 23 heavy (non-hydrogen) atoms. The van der Waals surface area contributed by atoms with Gasteiger partial charge < -0.3 is 15.2 Å². The van der Waals surface area contributed by atoms with Crippen LogP contribution in [0.2, 0.25) is 0 Å². The topological polar surface area (TPSA) is 113 Å². The fraction of sp³-hybridized carbons (Fsp3) is 0.429. The summed E-state index contributed by atoms with van der Waals surface area (Å²) in [5.41, 5.74) is -0.246. The molecule has 1 aromatic carbocycles. The highest BCUT2D eigenvalue weighted by Crippen LogP contribution is 2.29. The van der Waals surface area contributed by atoms with Crippen LogP contribution in [0.25, 0.3) is 0 Å². The molecule has 1 aromatic rings. The predicted molar refractivity (Wildman–Crippen MR) is 80.9 cm³/mol. The van der Waals surface area contributed by atoms with E-state index in [2.05, 4.69) is 5.32 Å². The lowest BCUT2D eigenvalue weighted by atomic mass is 10.2. The van der Waals surface area contributed by atoms with Gasteiger partial charge in [0.15, 0.2) is 0 Å². The van der Waals surface area contributed by atoms with Crippen molar-refractivity contribution in [2.45, 2.75) is 23.8 Å². The third-order valence-corrected chi connectivity index (χ3v) is 5.66. The summed E-state index contributed by atoms with van der Waals surface area (Å²) in [5, 5.41) is 11.6. The molecule has 1 unspecified atom stereocenters. The van der Waals surface area contributed by atoms with Crippen molar-refractivity contribution in [3.05, 3.63) is 23.8 Å². The number of amides is 1. The molecular weight excluding hydrogens is 324 g/mol. The second-order valence-corrected chi connectivity index (χ2v) is 6.95. The summed E-state index contributed by atoms with van der Waals surface area (Å²) < 4.78 is 31.5. The largest absolute Gasteiger partial charge is 0.496 e. The number of nitrogens with one attached hydrogen (secondary N) is 1. The van der Waals surface area contributed by atoms with Crippen LogP contribution in [0.3, 0.4) is 0 Å². The number of carbonyl (C=O) groups excluding carboxylic acids is 1. The summed E-state index contributed by atoms with van der Waals surface area (Å²) >= 11 is 0. The van der Waals surface area contributed by atoms with Gasteiger partial charge in [-0.1, -0.05) is 0 Å². The van der Waals surface area contributed by atoms with Crippen molar-refractivity contribution in [1.29, 1.82) is 0 Å². The van der Waals surface area contributed by atoms with Crippen LogP contribution in [0.15, 0.2) is 23.1 Å². The van der Waals surface area contributed by atoms with Crippen molar-refractivity contribution in [3.63, 3.8) is 0 Å². The highest BCUT2D eigenvalue weighted by molar-refractivity contribution is 7.89. The van der Waals surface area contributed by atoms with E-state index in [0.29, 0.717) is 12.8 Å². The molecule has 1 atom stereocenters. The molecule has 1 heterocycles. The Morgan fingerprint density at radius 2 is 2.09 bits per heavy atom. The number of aromatic carboxylic acids is 1. The number of hydrogen-bond acceptors (Lipinski definition) is 5. The number of sulfonamides is 1. The van der Waals surface area contributed by atoms with E-state index in [-0.39, 0.29) is 28.7 Å². The first-order chi connectivity index (χ1) is 10.8. The molecule has 0 spiro atoms. The van der Waals surface area contributed by atoms with Gasteiger partial charge in [0.05, 0.1) is 12.0 Å². The van der Waals surface area contributed by atoms with Crippen molar-refractivity contribution in [2.24, 2.45) is 0 Å². The maximum absolute atomic E-state index is 12.8. The van der Waals surface area contributed by atoms with E-state index in [1.54, 1.807) is 0 Å². The fourth-order valence-electron chi connectivity index (χ4n) is 2.61. The van der Waals surface area contributed by atoms with E-state index >= 15 is 0 Å². The maximum Gasteiger partial charge on any atom is 0.339 e. The Morgan fingerprint density at radius 1 is 1.39 bits per heavy atom. The Kier molecular flexibility index (Phi) is 4.90. The van der Waals surface area contributed by atoms with E-state index in [4.69, 9.17) is 4.74 Å². The number of ether oxygens (including phenoxy) is 1. The Morgan fingerprint density at radius 3 is 2.65 bits per heavy atom. The molecule has 1 saturated heterocycles. The van der Waals surface area contributed by atoms with Gasteiger partial charge in [0.1, 0.15) is 17.4 Å². The molecule has 0 bridgehead atoms. The van der Waals surface area contributed by atoms with Crippen LogP contribution >= 0.6 is 0 Å². The van der Waals surface area contributed by atoms with Crippen LogP contribution in [0, 0.1) is 0 Å². The summed E-state index contributed by atoms with van der Waals surface area (Å²) in [6.45, 7) is 0.217. The van der Waals surface area contributed by atoms with Crippen LogP contribution in [0.4, 0.5) is 0 Å². The van der Waals surface area contributed by atoms with Gasteiger partial charge >= 0.3 is 5.97 Å². The molecular formula is C14H18N2O6S. The third kappa shape index (κ3) is 3.15. The number of likely N-dealkylation sites (N-methyl/N-ethyl adjacent to an activating group) is 1. The lowest BCUT2D eigenvalue weighted by Gasteiger charge is -2.23. The number of carboxylic acids is 1. The van der Waals surface area contributed by atoms with Crippen LogP contribution in [-0.2, 0) is 14.8 Å². The zero-order valence-corrected chi connectivity index (χ0v) is 13.6. The highest BCUT2D eigenvalue weighted by atomic mass is 32.2. The lowest BCUT2D eigenvalue weighted by molar-refractivity contribution is -0.123. The molecule has 1 amide bonds. The minimum Gasteiger partial charge on any atom is -0.496 e. The average Bonchev–Trinajstić information content (AvgIpc) is 3.03. The lowest BCUT2D eigenvalue weighted by Crippen LogP contribution is -2.44. The van der Waals surface area contributed by atoms with Crippen molar-refractivity contribution in [3.8, 4) is 5.75 Å². The van der Waals surface area contributed by atoms with Gasteiger partial charge in [-0.25, -0.2) is 13.2 Å². The first-order valence-corrected chi connectivity index (χ1v) is 8.41. The smallest absolute Gasteiger partial charge is 0.339 e. The van der Waals surface area contributed by atoms with E-state index in [9.17, 15) is 23.1 Å². The molecule has 1 aliphatic rings. The van der Waals surface area contributed by atoms with Crippen molar-refractivity contribution < 1.29 is 27.9 Å². The van der Waals surface area contributed by atoms with Crippen LogP contribution in [-0.4, -0.2) is 56.5 Å². The minimum absolute atomic E-state index is 0.0701. The Hall–Kier alpha value is -2.13. The molecule has 8 nitrogen and oxygen atoms in total. The summed E-state index contributed by atoms with van der Waals surface area (Å²) in [7, 11) is -1.22. The van der Waals surface area contributed by atoms with E-state index in [1.165, 1.54) is 26.3 Å². The van der Waals surface area contributed by atoms with Gasteiger partial charge in [0.25, 0.3) is 0 Å². The van der Waals surface area contributed by atoms with E-state index in [1.807, 2.05) is 0 Å². The quantitative estimate of drug-likeness (QED) is 0.795. The second kappa shape index (κ2) is 6.55. The molecule has 0 radical (unpaired) electrons. The standard InChI is InChI=1S/C14H18N2O6S/c1-15-13(17)11-4-3-7-16(11)23(20,21)9-5-6-12(22-2)10(8-9)14(18)19/h5-6,8,11H,3-4,7H2,1-2H3,(H,15,17)(H,18,19). The number of benzene rings is 1. The molecule has 126 valence electrons. The summed E-state index contributed by atoms with van der Waals surface area (Å²) in [6, 6.07) is 2.84. The zero-order chi connectivity index (χ0) is 17.2. The first kappa shape index (κ1) is 17.2. The van der Waals surface area contributed by atoms with Crippen molar-refractivity contribution in [1.82, 2.24) is 9.62 Å². The normalized spacial score (nSPS) is 18.6. The number of hydrogen-bond donors (Lipinski definition) is 2. The van der Waals surface area contributed by atoms with Crippen molar-refractivity contribution in [2.75, 3.05) is 20.7 Å². The molecule has 1 fully saturated rings. The predicted octanol–water partition coefficient (Wildman–Crippen LogP) is 0.293. The van der Waals surface area contributed by atoms with Gasteiger partial charge in [-0.3, -0.25) is 4.79 Å². The van der Waals surface area contributed by atoms with Gasteiger partial charge in [0.2, 0.25) is 15.9 Å². The number of nitrogens with zero attached hydrogens (tertiary/aromatic N) is 1. The summed E-state index contributed by atoms with van der Waals surface area (Å²) in [6.07, 6.45) is 1.00. The molecule has 0 aliphatic carbocycles. The molecule has 1 aliphatic heterocycles. The number of methoxy groups -OCH3 is 1. The Labute approximate surface area is 134 Å². The van der Waals surface area contributed by atoms with Gasteiger partial charge in [-0.2, -0.15) is 4.31 Å². The molecule has 2 rings (SSSR count). The molecule has 0 saturated carbocycles. The SMILES string of the molecule is CNC(=O)C1CCCN1S(=O)(=O)c1ccc(OC)c(C(=O)O)c1. The van der Waals surface area contributed by atoms with Crippen LogP contribution in [0.5, 0.6) is 5.75 Å². The maximum atomic E-state index is 12.8. The second-order valence-electron chi connectivity index (χ2n) is 5.06. The Bertz CT molecular complexity index is 731. The molecule has 0 aromatic heterocycles. The summed E-state index contributed by atoms with van der Waals surface area (Å²) in [5.74, 6) is -1.60. The average molecular weight is 342 g/mol. The first-order valence-electron chi connectivity index (χ1n) is 6.97. The minimum atomic E-state index is -3.97. The summed E-state index contributed by atoms with van der Waals surface area (Å²) in [4.78, 5) is 22.9. The van der Waals surface area contributed by atoms with Gasteiger partial charge in [-0.05, 0) is 31.0 Å². The number of rotatable bonds is 5. The van der Waals surface area contributed by atoms with Gasteiger partial charge in [-0.15, -0.1) is 0 Å². The zero-order valence-electron chi connectivity index (χ0n) is 12.8. The van der Waals surface area contributed by atoms with E-state index < -0.39 is 22.0 Å². The number of carbonyl (C=O) groups is 2. The highest BCUT2D eigenvalue weighted by Gasteiger charge is 2.39. The van der Waals surface area contributed by atoms with Crippen LogP contribution < -0.4 is 10.1 Å². The van der Waals surface area contributed by atoms with Crippen molar-refractivity contribution >= 4 is 21.9 Å².